The predicted molar refractivity (Wildman–Crippen MR) is 295 cm³/mol. The molecule has 0 N–H and O–H groups in total. The van der Waals surface area contributed by atoms with Gasteiger partial charge in [0.2, 0.25) is 0 Å². The second kappa shape index (κ2) is 20.7. The van der Waals surface area contributed by atoms with Gasteiger partial charge < -0.3 is 9.80 Å². The molecule has 0 spiro atoms. The van der Waals surface area contributed by atoms with E-state index in [4.69, 9.17) is 0 Å². The zero-order valence-electron chi connectivity index (χ0n) is 38.7. The highest BCUT2D eigenvalue weighted by Crippen LogP contribution is 2.41. The molecular formula is C67H52N2. The lowest BCUT2D eigenvalue weighted by atomic mass is 9.91. The predicted octanol–water partition coefficient (Wildman–Crippen LogP) is 18.9. The van der Waals surface area contributed by atoms with E-state index in [0.29, 0.717) is 0 Å². The number of nitrogens with zero attached hydrogens (tertiary/aromatic N) is 2. The smallest absolute Gasteiger partial charge is 0.0464 e. The highest BCUT2D eigenvalue weighted by molar-refractivity contribution is 5.89. The number of hydrogen-bond donors (Lipinski definition) is 0. The summed E-state index contributed by atoms with van der Waals surface area (Å²) in [6.07, 6.45) is 7.95. The van der Waals surface area contributed by atoms with Gasteiger partial charge in [-0.25, -0.2) is 0 Å². The summed E-state index contributed by atoms with van der Waals surface area (Å²) in [4.78, 5) is 4.65. The lowest BCUT2D eigenvalue weighted by Gasteiger charge is -2.27. The van der Waals surface area contributed by atoms with Crippen molar-refractivity contribution in [1.82, 2.24) is 0 Å². The van der Waals surface area contributed by atoms with E-state index >= 15 is 0 Å². The molecule has 69 heavy (non-hydrogen) atoms. The van der Waals surface area contributed by atoms with E-state index in [1.165, 1.54) is 38.9 Å². The minimum atomic E-state index is 1.08. The largest absolute Gasteiger partial charge is 0.314 e. The Kier molecular flexibility index (Phi) is 13.2. The summed E-state index contributed by atoms with van der Waals surface area (Å²) in [5.74, 6) is 0. The molecule has 10 aromatic rings. The first-order chi connectivity index (χ1) is 34.1. The standard InChI is InChI=1S/C67H52N2/c1-3-4-9-20-50(2)68(62-39-33-53(34-40-62)51-21-10-5-11-22-51)65-45-46-66(67(49-65)56-25-14-7-15-26-56)60-30-19-29-59(48-60)58-28-18-27-57(47-58)55-37-43-64(44-38-55)69(61-31-16-8-17-32-61)63-41-35-54(36-42-63)52-23-12-6-13-24-52/h3-49H,1H2,2H3/b9-4-,50-20+. The second-order valence-electron chi connectivity index (χ2n) is 17.1. The highest BCUT2D eigenvalue weighted by Gasteiger charge is 2.18. The van der Waals surface area contributed by atoms with Crippen LogP contribution in [0.4, 0.5) is 28.4 Å². The minimum Gasteiger partial charge on any atom is -0.314 e. The van der Waals surface area contributed by atoms with Gasteiger partial charge in [0, 0.05) is 34.1 Å². The quantitative estimate of drug-likeness (QED) is 0.100. The Hall–Kier alpha value is -8.98. The molecular weight excluding hydrogens is 833 g/mol. The van der Waals surface area contributed by atoms with E-state index in [0.717, 1.165) is 62.0 Å². The summed E-state index contributed by atoms with van der Waals surface area (Å²) in [6, 6.07) is 93.7. The average molecular weight is 885 g/mol. The molecule has 0 radical (unpaired) electrons. The van der Waals surface area contributed by atoms with Crippen LogP contribution in [-0.2, 0) is 0 Å². The Morgan fingerprint density at radius 3 is 1.20 bits per heavy atom. The van der Waals surface area contributed by atoms with Crippen LogP contribution in [0.15, 0.2) is 297 Å². The monoisotopic (exact) mass is 884 g/mol. The summed E-state index contributed by atoms with van der Waals surface area (Å²) < 4.78 is 0. The van der Waals surface area contributed by atoms with Gasteiger partial charge in [0.1, 0.15) is 0 Å². The van der Waals surface area contributed by atoms with Crippen molar-refractivity contribution in [1.29, 1.82) is 0 Å². The first-order valence-electron chi connectivity index (χ1n) is 23.5. The van der Waals surface area contributed by atoms with Crippen LogP contribution in [0.25, 0.3) is 66.8 Å². The summed E-state index contributed by atoms with van der Waals surface area (Å²) >= 11 is 0. The maximum atomic E-state index is 3.89. The number of para-hydroxylation sites is 1. The topological polar surface area (TPSA) is 6.48 Å². The van der Waals surface area contributed by atoms with Gasteiger partial charge in [0.25, 0.3) is 0 Å². The second-order valence-corrected chi connectivity index (χ2v) is 17.1. The van der Waals surface area contributed by atoms with E-state index < -0.39 is 0 Å². The Bertz CT molecular complexity index is 3350. The van der Waals surface area contributed by atoms with E-state index in [1.807, 2.05) is 12.2 Å². The minimum absolute atomic E-state index is 1.08. The number of benzene rings is 10. The molecule has 10 rings (SSSR count). The van der Waals surface area contributed by atoms with Gasteiger partial charge in [-0.3, -0.25) is 0 Å². The Morgan fingerprint density at radius 2 is 0.681 bits per heavy atom. The third kappa shape index (κ3) is 9.93. The molecule has 0 aliphatic rings. The lowest BCUT2D eigenvalue weighted by molar-refractivity contribution is 1.16. The molecule has 0 aliphatic heterocycles. The van der Waals surface area contributed by atoms with Gasteiger partial charge in [0.15, 0.2) is 0 Å². The van der Waals surface area contributed by atoms with Crippen molar-refractivity contribution in [2.75, 3.05) is 9.80 Å². The summed E-state index contributed by atoms with van der Waals surface area (Å²) in [6.45, 7) is 6.05. The van der Waals surface area contributed by atoms with E-state index in [1.54, 1.807) is 6.08 Å². The van der Waals surface area contributed by atoms with Crippen LogP contribution in [0.1, 0.15) is 6.92 Å². The van der Waals surface area contributed by atoms with Gasteiger partial charge in [0.05, 0.1) is 0 Å². The van der Waals surface area contributed by atoms with Crippen molar-refractivity contribution >= 4 is 28.4 Å². The molecule has 0 saturated carbocycles. The molecule has 0 aromatic heterocycles. The summed E-state index contributed by atoms with van der Waals surface area (Å²) in [5.41, 5.74) is 20.7. The maximum absolute atomic E-state index is 3.89. The third-order valence-electron chi connectivity index (χ3n) is 12.6. The Balaban J connectivity index is 0.968. The summed E-state index contributed by atoms with van der Waals surface area (Å²) in [7, 11) is 0. The van der Waals surface area contributed by atoms with Gasteiger partial charge in [-0.2, -0.15) is 0 Å². The average Bonchev–Trinajstić information content (AvgIpc) is 3.43. The van der Waals surface area contributed by atoms with Crippen molar-refractivity contribution < 1.29 is 0 Å². The van der Waals surface area contributed by atoms with Crippen molar-refractivity contribution in [3.8, 4) is 66.8 Å². The van der Waals surface area contributed by atoms with E-state index in [9.17, 15) is 0 Å². The van der Waals surface area contributed by atoms with Crippen LogP contribution in [0, 0.1) is 0 Å². The van der Waals surface area contributed by atoms with Crippen LogP contribution in [-0.4, -0.2) is 0 Å². The maximum Gasteiger partial charge on any atom is 0.0464 e. The highest BCUT2D eigenvalue weighted by atomic mass is 15.1. The molecule has 0 bridgehead atoms. The van der Waals surface area contributed by atoms with Gasteiger partial charge in [-0.1, -0.05) is 213 Å². The molecule has 2 heteroatoms. The lowest BCUT2D eigenvalue weighted by Crippen LogP contribution is -2.14. The fourth-order valence-electron chi connectivity index (χ4n) is 9.12. The fourth-order valence-corrected chi connectivity index (χ4v) is 9.12. The molecule has 0 unspecified atom stereocenters. The van der Waals surface area contributed by atoms with Crippen molar-refractivity contribution in [2.45, 2.75) is 6.92 Å². The first-order valence-corrected chi connectivity index (χ1v) is 23.5. The van der Waals surface area contributed by atoms with Crippen molar-refractivity contribution in [3.05, 3.63) is 297 Å². The van der Waals surface area contributed by atoms with Gasteiger partial charge in [-0.15, -0.1) is 0 Å². The SMILES string of the molecule is C=C/C=C\C=C(/C)N(c1ccc(-c2ccccc2)cc1)c1ccc(-c2cccc(-c3cccc(-c4ccc(N(c5ccccc5)c5ccc(-c6ccccc6)cc5)cc4)c3)c2)c(-c2ccccc2)c1. The molecule has 0 fully saturated rings. The molecule has 10 aromatic carbocycles. The van der Waals surface area contributed by atoms with Crippen LogP contribution in [0.5, 0.6) is 0 Å². The number of anilines is 5. The number of rotatable bonds is 14. The molecule has 0 saturated heterocycles. The number of hydrogen-bond acceptors (Lipinski definition) is 2. The normalized spacial score (nSPS) is 11.3. The van der Waals surface area contributed by atoms with Crippen LogP contribution >= 0.6 is 0 Å². The molecule has 0 aliphatic carbocycles. The molecule has 0 amide bonds. The number of allylic oxidation sites excluding steroid dienone is 5. The van der Waals surface area contributed by atoms with Gasteiger partial charge >= 0.3 is 0 Å². The van der Waals surface area contributed by atoms with E-state index in [-0.39, 0.29) is 0 Å². The fraction of sp³-hybridized carbons (Fsp3) is 0.0149. The van der Waals surface area contributed by atoms with Crippen LogP contribution in [0.3, 0.4) is 0 Å². The van der Waals surface area contributed by atoms with E-state index in [2.05, 4.69) is 290 Å². The molecule has 0 heterocycles. The molecule has 0 atom stereocenters. The Labute approximate surface area is 407 Å². The van der Waals surface area contributed by atoms with Crippen LogP contribution < -0.4 is 9.80 Å². The van der Waals surface area contributed by atoms with Crippen LogP contribution in [0.2, 0.25) is 0 Å². The summed E-state index contributed by atoms with van der Waals surface area (Å²) in [5, 5.41) is 0. The van der Waals surface area contributed by atoms with Crippen molar-refractivity contribution in [2.24, 2.45) is 0 Å². The van der Waals surface area contributed by atoms with Gasteiger partial charge in [-0.05, 0) is 153 Å². The zero-order valence-corrected chi connectivity index (χ0v) is 38.7. The third-order valence-corrected chi connectivity index (χ3v) is 12.6. The Morgan fingerprint density at radius 1 is 0.304 bits per heavy atom. The van der Waals surface area contributed by atoms with Crippen molar-refractivity contribution in [3.63, 3.8) is 0 Å². The molecule has 2 nitrogen and oxygen atoms in total. The zero-order chi connectivity index (χ0) is 46.8. The first kappa shape index (κ1) is 43.9. The molecule has 330 valence electrons.